The minimum atomic E-state index is 0.893. The molecule has 0 bridgehead atoms. The van der Waals surface area contributed by atoms with Gasteiger partial charge in [-0.05, 0) is 99.8 Å². The van der Waals surface area contributed by atoms with Gasteiger partial charge in [-0.1, -0.05) is 109 Å². The molecule has 0 aliphatic rings. The van der Waals surface area contributed by atoms with Gasteiger partial charge in [-0.2, -0.15) is 0 Å². The van der Waals surface area contributed by atoms with Crippen LogP contribution in [-0.2, 0) is 0 Å². The number of hydrogen-bond donors (Lipinski definition) is 0. The van der Waals surface area contributed by atoms with E-state index in [9.17, 15) is 0 Å². The lowest BCUT2D eigenvalue weighted by molar-refractivity contribution is 0.669. The molecule has 0 spiro atoms. The highest BCUT2D eigenvalue weighted by molar-refractivity contribution is 7.25. The molecule has 0 atom stereocenters. The second kappa shape index (κ2) is 11.2. The van der Waals surface area contributed by atoms with Gasteiger partial charge in [-0.3, -0.25) is 0 Å². The fraction of sp³-hybridized carbons (Fsp3) is 0. The van der Waals surface area contributed by atoms with E-state index in [1.807, 2.05) is 23.5 Å². The molecule has 2 aromatic heterocycles. The van der Waals surface area contributed by atoms with Crippen LogP contribution in [0.15, 0.2) is 180 Å². The molecule has 0 unspecified atom stereocenters. The fourth-order valence-corrected chi connectivity index (χ4v) is 8.40. The first-order valence-corrected chi connectivity index (χ1v) is 17.4. The van der Waals surface area contributed by atoms with E-state index in [2.05, 4.69) is 169 Å². The Bertz CT molecular complexity index is 2830. The average molecular weight is 644 g/mol. The van der Waals surface area contributed by atoms with Crippen LogP contribution in [0, 0.1) is 0 Å². The average Bonchev–Trinajstić information content (AvgIpc) is 3.72. The fourth-order valence-electron chi connectivity index (χ4n) is 7.28. The van der Waals surface area contributed by atoms with Crippen molar-refractivity contribution in [3.05, 3.63) is 176 Å². The van der Waals surface area contributed by atoms with Crippen molar-refractivity contribution in [3.8, 4) is 22.3 Å². The van der Waals surface area contributed by atoms with Crippen LogP contribution in [0.4, 0.5) is 17.1 Å². The summed E-state index contributed by atoms with van der Waals surface area (Å²) >= 11 is 1.86. The second-order valence-corrected chi connectivity index (χ2v) is 13.6. The number of hydrogen-bond acceptors (Lipinski definition) is 3. The summed E-state index contributed by atoms with van der Waals surface area (Å²) in [7, 11) is 0. The van der Waals surface area contributed by atoms with E-state index in [4.69, 9.17) is 4.42 Å². The summed E-state index contributed by atoms with van der Waals surface area (Å²) in [5, 5.41) is 7.35. The quantitative estimate of drug-likeness (QED) is 0.186. The molecular formula is C46H29NOS. The van der Waals surface area contributed by atoms with E-state index in [0.717, 1.165) is 39.0 Å². The molecule has 49 heavy (non-hydrogen) atoms. The van der Waals surface area contributed by atoms with Crippen LogP contribution < -0.4 is 4.90 Å². The van der Waals surface area contributed by atoms with Gasteiger partial charge in [0.25, 0.3) is 0 Å². The molecule has 0 N–H and O–H groups in total. The Hall–Kier alpha value is -6.16. The Balaban J connectivity index is 1.15. The summed E-state index contributed by atoms with van der Waals surface area (Å²) in [6.07, 6.45) is 0. The Labute approximate surface area is 287 Å². The van der Waals surface area contributed by atoms with E-state index in [1.54, 1.807) is 0 Å². The molecule has 8 aromatic carbocycles. The molecule has 10 aromatic rings. The van der Waals surface area contributed by atoms with Crippen molar-refractivity contribution in [3.63, 3.8) is 0 Å². The van der Waals surface area contributed by atoms with Crippen molar-refractivity contribution in [2.45, 2.75) is 0 Å². The summed E-state index contributed by atoms with van der Waals surface area (Å²) in [4.78, 5) is 2.37. The third kappa shape index (κ3) is 4.70. The topological polar surface area (TPSA) is 16.4 Å². The van der Waals surface area contributed by atoms with E-state index in [0.29, 0.717) is 0 Å². The van der Waals surface area contributed by atoms with E-state index in [-0.39, 0.29) is 0 Å². The predicted octanol–water partition coefficient (Wildman–Crippen LogP) is 13.9. The molecule has 0 aliphatic carbocycles. The summed E-state index contributed by atoms with van der Waals surface area (Å²) in [6, 6.07) is 63.3. The van der Waals surface area contributed by atoms with Gasteiger partial charge in [-0.25, -0.2) is 0 Å². The summed E-state index contributed by atoms with van der Waals surface area (Å²) in [5.41, 5.74) is 9.94. The van der Waals surface area contributed by atoms with Crippen molar-refractivity contribution >= 4 is 81.3 Å². The van der Waals surface area contributed by atoms with Gasteiger partial charge in [0, 0.05) is 48.0 Å². The van der Waals surface area contributed by atoms with Crippen LogP contribution in [0.25, 0.3) is 75.1 Å². The van der Waals surface area contributed by atoms with Gasteiger partial charge in [-0.15, -0.1) is 11.3 Å². The van der Waals surface area contributed by atoms with Crippen molar-refractivity contribution in [1.82, 2.24) is 0 Å². The number of rotatable bonds is 5. The number of anilines is 3. The maximum atomic E-state index is 6.22. The van der Waals surface area contributed by atoms with Crippen molar-refractivity contribution in [2.24, 2.45) is 0 Å². The monoisotopic (exact) mass is 643 g/mol. The summed E-state index contributed by atoms with van der Waals surface area (Å²) in [6.45, 7) is 0. The van der Waals surface area contributed by atoms with Gasteiger partial charge in [0.05, 0.1) is 0 Å². The highest BCUT2D eigenvalue weighted by atomic mass is 32.1. The number of para-hydroxylation sites is 1. The second-order valence-electron chi connectivity index (χ2n) is 12.6. The Morgan fingerprint density at radius 1 is 0.367 bits per heavy atom. The molecule has 0 aliphatic heterocycles. The zero-order valence-corrected chi connectivity index (χ0v) is 27.3. The molecule has 2 nitrogen and oxygen atoms in total. The van der Waals surface area contributed by atoms with Crippen LogP contribution in [0.1, 0.15) is 0 Å². The van der Waals surface area contributed by atoms with Gasteiger partial charge < -0.3 is 9.32 Å². The first kappa shape index (κ1) is 27.9. The Morgan fingerprint density at radius 2 is 0.939 bits per heavy atom. The number of benzene rings is 8. The van der Waals surface area contributed by atoms with E-state index < -0.39 is 0 Å². The van der Waals surface area contributed by atoms with Crippen molar-refractivity contribution in [1.29, 1.82) is 0 Å². The smallest absolute Gasteiger partial charge is 0.135 e. The summed E-state index contributed by atoms with van der Waals surface area (Å²) in [5.74, 6) is 0. The lowest BCUT2D eigenvalue weighted by Gasteiger charge is -2.26. The third-order valence-electron chi connectivity index (χ3n) is 9.65. The Morgan fingerprint density at radius 3 is 1.73 bits per heavy atom. The maximum Gasteiger partial charge on any atom is 0.135 e. The number of thiophene rings is 1. The molecule has 0 fully saturated rings. The van der Waals surface area contributed by atoms with E-state index in [1.165, 1.54) is 53.2 Å². The zero-order valence-electron chi connectivity index (χ0n) is 26.5. The zero-order chi connectivity index (χ0) is 32.3. The minimum Gasteiger partial charge on any atom is -0.456 e. The van der Waals surface area contributed by atoms with Crippen LogP contribution in [0.3, 0.4) is 0 Å². The first-order chi connectivity index (χ1) is 24.3. The molecule has 3 heteroatoms. The lowest BCUT2D eigenvalue weighted by Crippen LogP contribution is -2.09. The van der Waals surface area contributed by atoms with Gasteiger partial charge in [0.15, 0.2) is 0 Å². The summed E-state index contributed by atoms with van der Waals surface area (Å²) < 4.78 is 8.82. The normalized spacial score (nSPS) is 11.7. The largest absolute Gasteiger partial charge is 0.456 e. The predicted molar refractivity (Wildman–Crippen MR) is 210 cm³/mol. The standard InChI is InChI=1S/C46H29NOS/c1-2-10-30(11-3-1)37-14-6-7-15-38(37)31-18-20-34(21-19-31)47(35-22-24-44-40(28-35)39-16-8-9-17-43(39)48-44)36-23-25-45-42(29-36)41-26-32-12-4-5-13-33(32)27-46(41)49-45/h1-29H. The lowest BCUT2D eigenvalue weighted by atomic mass is 9.94. The van der Waals surface area contributed by atoms with Crippen molar-refractivity contribution in [2.75, 3.05) is 4.90 Å². The van der Waals surface area contributed by atoms with E-state index >= 15 is 0 Å². The minimum absolute atomic E-state index is 0.893. The molecule has 0 saturated carbocycles. The number of furan rings is 1. The Kier molecular flexibility index (Phi) is 6.39. The molecule has 0 radical (unpaired) electrons. The number of fused-ring (bicyclic) bond motifs is 7. The SMILES string of the molecule is c1ccc(-c2ccccc2-c2ccc(N(c3ccc4oc5ccccc5c4c3)c3ccc4sc5cc6ccccc6cc5c4c3)cc2)cc1. The molecule has 230 valence electrons. The highest BCUT2D eigenvalue weighted by Gasteiger charge is 2.18. The molecule has 0 amide bonds. The van der Waals surface area contributed by atoms with Crippen LogP contribution >= 0.6 is 11.3 Å². The van der Waals surface area contributed by atoms with Gasteiger partial charge in [0.1, 0.15) is 11.2 Å². The van der Waals surface area contributed by atoms with Gasteiger partial charge in [0.2, 0.25) is 0 Å². The third-order valence-corrected chi connectivity index (χ3v) is 10.8. The molecule has 2 heterocycles. The molecule has 10 rings (SSSR count). The van der Waals surface area contributed by atoms with Gasteiger partial charge >= 0.3 is 0 Å². The van der Waals surface area contributed by atoms with Crippen LogP contribution in [0.2, 0.25) is 0 Å². The molecular weight excluding hydrogens is 615 g/mol. The molecule has 0 saturated heterocycles. The van der Waals surface area contributed by atoms with Crippen LogP contribution in [-0.4, -0.2) is 0 Å². The van der Waals surface area contributed by atoms with Crippen molar-refractivity contribution < 1.29 is 4.42 Å². The first-order valence-electron chi connectivity index (χ1n) is 16.6. The van der Waals surface area contributed by atoms with Crippen LogP contribution in [0.5, 0.6) is 0 Å². The number of nitrogens with zero attached hydrogens (tertiary/aromatic N) is 1. The maximum absolute atomic E-state index is 6.22. The highest BCUT2D eigenvalue weighted by Crippen LogP contribution is 2.44.